The zero-order valence-corrected chi connectivity index (χ0v) is 15.9. The highest BCUT2D eigenvalue weighted by Crippen LogP contribution is 2.32. The lowest BCUT2D eigenvalue weighted by atomic mass is 10.2. The van der Waals surface area contributed by atoms with Crippen molar-refractivity contribution in [2.75, 3.05) is 24.3 Å². The number of rotatable bonds is 5. The second-order valence-corrected chi connectivity index (χ2v) is 7.12. The van der Waals surface area contributed by atoms with Crippen LogP contribution in [0.25, 0.3) is 5.69 Å². The van der Waals surface area contributed by atoms with Crippen LogP contribution >= 0.6 is 11.8 Å². The fourth-order valence-corrected chi connectivity index (χ4v) is 3.47. The van der Waals surface area contributed by atoms with Crippen molar-refractivity contribution < 1.29 is 23.5 Å². The Morgan fingerprint density at radius 3 is 2.68 bits per heavy atom. The minimum Gasteiger partial charge on any atom is -0.486 e. The van der Waals surface area contributed by atoms with Gasteiger partial charge in [0.05, 0.1) is 5.75 Å². The minimum absolute atomic E-state index is 0.0446. The Labute approximate surface area is 164 Å². The molecule has 2 N–H and O–H groups in total. The molecule has 1 aliphatic rings. The molecule has 0 bridgehead atoms. The van der Waals surface area contributed by atoms with Gasteiger partial charge in [-0.2, -0.15) is 0 Å². The second-order valence-electron chi connectivity index (χ2n) is 6.15. The molecule has 0 radical (unpaired) electrons. The van der Waals surface area contributed by atoms with Crippen LogP contribution < -0.4 is 25.1 Å². The van der Waals surface area contributed by atoms with E-state index in [1.54, 1.807) is 18.2 Å². The van der Waals surface area contributed by atoms with Gasteiger partial charge in [0.1, 0.15) is 13.2 Å². The highest BCUT2D eigenvalue weighted by Gasteiger charge is 2.25. The summed E-state index contributed by atoms with van der Waals surface area (Å²) in [6.45, 7) is 2.96. The second kappa shape index (κ2) is 7.81. The number of anilines is 1. The van der Waals surface area contributed by atoms with Crippen molar-refractivity contribution in [2.45, 2.75) is 11.9 Å². The zero-order chi connectivity index (χ0) is 19.5. The normalized spacial score (nSPS) is 12.6. The third kappa shape index (κ3) is 3.89. The molecule has 0 aliphatic carbocycles. The van der Waals surface area contributed by atoms with E-state index in [0.29, 0.717) is 35.4 Å². The quantitative estimate of drug-likeness (QED) is 0.503. The highest BCUT2D eigenvalue weighted by molar-refractivity contribution is 7.99. The van der Waals surface area contributed by atoms with E-state index in [-0.39, 0.29) is 11.7 Å². The smallest absolute Gasteiger partial charge is 0.442 e. The minimum atomic E-state index is -0.530. The molecule has 2 aromatic carbocycles. The number of aromatic amines is 1. The van der Waals surface area contributed by atoms with Crippen LogP contribution in [0.15, 0.2) is 56.8 Å². The van der Waals surface area contributed by atoms with E-state index in [1.165, 1.54) is 4.68 Å². The number of nitrogens with zero attached hydrogens (tertiary/aromatic N) is 1. The Morgan fingerprint density at radius 2 is 1.89 bits per heavy atom. The molecule has 4 rings (SSSR count). The number of hydrogen-bond acceptors (Lipinski definition) is 6. The number of carbonyl (C=O) groups excluding carboxylic acids is 1. The lowest BCUT2D eigenvalue weighted by molar-refractivity contribution is -0.704. The zero-order valence-electron chi connectivity index (χ0n) is 15.1. The monoisotopic (exact) mass is 400 g/mol. The molecule has 1 aliphatic heterocycles. The summed E-state index contributed by atoms with van der Waals surface area (Å²) >= 11 is 1.09. The molecule has 0 saturated heterocycles. The van der Waals surface area contributed by atoms with Gasteiger partial charge in [0.2, 0.25) is 11.6 Å². The van der Waals surface area contributed by atoms with Crippen LogP contribution in [0.4, 0.5) is 5.69 Å². The first kappa shape index (κ1) is 18.2. The van der Waals surface area contributed by atoms with E-state index in [9.17, 15) is 9.59 Å². The summed E-state index contributed by atoms with van der Waals surface area (Å²) in [6.07, 6.45) is 0. The van der Waals surface area contributed by atoms with Crippen LogP contribution in [0.5, 0.6) is 11.5 Å². The number of ether oxygens (including phenoxy) is 2. The first-order valence-electron chi connectivity index (χ1n) is 8.63. The lowest BCUT2D eigenvalue weighted by Crippen LogP contribution is -2.36. The molecular formula is C19H18N3O5S+. The molecule has 144 valence electrons. The first-order chi connectivity index (χ1) is 13.6. The van der Waals surface area contributed by atoms with Gasteiger partial charge in [-0.15, -0.1) is 0 Å². The van der Waals surface area contributed by atoms with Crippen LogP contribution in [-0.4, -0.2) is 30.1 Å². The predicted octanol–water partition coefficient (Wildman–Crippen LogP) is 2.06. The van der Waals surface area contributed by atoms with E-state index < -0.39 is 5.63 Å². The number of nitrogens with one attached hydrogen (secondary N) is 2. The maximum absolute atomic E-state index is 12.3. The Balaban J connectivity index is 1.43. The van der Waals surface area contributed by atoms with Gasteiger partial charge >= 0.3 is 10.7 Å². The Morgan fingerprint density at radius 1 is 1.14 bits per heavy atom. The van der Waals surface area contributed by atoms with Crippen molar-refractivity contribution in [1.29, 1.82) is 0 Å². The van der Waals surface area contributed by atoms with Crippen LogP contribution in [-0.2, 0) is 4.79 Å². The Kier molecular flexibility index (Phi) is 5.07. The number of amides is 1. The Hall–Kier alpha value is -3.20. The van der Waals surface area contributed by atoms with Gasteiger partial charge in [-0.05, 0) is 40.8 Å². The molecule has 0 atom stereocenters. The van der Waals surface area contributed by atoms with E-state index in [0.717, 1.165) is 23.0 Å². The summed E-state index contributed by atoms with van der Waals surface area (Å²) < 4.78 is 17.4. The number of aryl methyl sites for hydroxylation is 1. The number of benzene rings is 2. The fraction of sp³-hybridized carbons (Fsp3) is 0.211. The molecule has 0 spiro atoms. The van der Waals surface area contributed by atoms with Gasteiger partial charge in [0, 0.05) is 23.9 Å². The molecule has 1 aromatic heterocycles. The van der Waals surface area contributed by atoms with Crippen molar-refractivity contribution in [2.24, 2.45) is 0 Å². The van der Waals surface area contributed by atoms with Gasteiger partial charge in [-0.3, -0.25) is 9.32 Å². The summed E-state index contributed by atoms with van der Waals surface area (Å²) in [5, 5.41) is 5.65. The van der Waals surface area contributed by atoms with E-state index >= 15 is 0 Å². The number of aromatic nitrogens is 2. The lowest BCUT2D eigenvalue weighted by Gasteiger charge is -2.18. The average Bonchev–Trinajstić information content (AvgIpc) is 3.07. The van der Waals surface area contributed by atoms with Gasteiger partial charge in [0.15, 0.2) is 11.5 Å². The molecule has 2 heterocycles. The largest absolute Gasteiger partial charge is 0.486 e. The van der Waals surface area contributed by atoms with Crippen LogP contribution in [0, 0.1) is 6.92 Å². The summed E-state index contributed by atoms with van der Waals surface area (Å²) in [5.41, 5.74) is 1.91. The van der Waals surface area contributed by atoms with Crippen LogP contribution in [0.1, 0.15) is 5.56 Å². The summed E-state index contributed by atoms with van der Waals surface area (Å²) in [5.74, 6) is 1.05. The molecular weight excluding hydrogens is 382 g/mol. The van der Waals surface area contributed by atoms with Crippen LogP contribution in [0.3, 0.4) is 0 Å². The number of hydrogen-bond donors (Lipinski definition) is 2. The van der Waals surface area contributed by atoms with E-state index in [1.807, 2.05) is 31.2 Å². The van der Waals surface area contributed by atoms with E-state index in [2.05, 4.69) is 10.6 Å². The third-order valence-corrected chi connectivity index (χ3v) is 5.09. The fourth-order valence-electron chi connectivity index (χ4n) is 2.70. The maximum Gasteiger partial charge on any atom is 0.442 e. The molecule has 1 amide bonds. The number of thioether (sulfide) groups is 1. The number of fused-ring (bicyclic) bond motifs is 1. The number of carbonyl (C=O) groups is 1. The van der Waals surface area contributed by atoms with Gasteiger partial charge in [-0.1, -0.05) is 17.7 Å². The molecule has 0 saturated carbocycles. The van der Waals surface area contributed by atoms with Crippen molar-refractivity contribution >= 4 is 23.4 Å². The standard InChI is InChI=1S/C19H17N3O5S/c1-12-2-5-14(6-3-12)22-18(19(24)27-21-22)28-11-17(23)20-13-4-7-15-16(10-13)26-9-8-25-15/h2-7,10H,8-9,11H2,1H3,(H-,20,21,23,24)/p+1. The van der Waals surface area contributed by atoms with Crippen molar-refractivity contribution in [3.8, 4) is 17.2 Å². The van der Waals surface area contributed by atoms with Gasteiger partial charge in [0.25, 0.3) is 0 Å². The SMILES string of the molecule is Cc1ccc(-[n+]2[nH]oc(=O)c2SCC(=O)Nc2ccc3c(c2)OCCO3)cc1. The molecule has 8 nitrogen and oxygen atoms in total. The van der Waals surface area contributed by atoms with Gasteiger partial charge < -0.3 is 14.8 Å². The predicted molar refractivity (Wildman–Crippen MR) is 102 cm³/mol. The maximum atomic E-state index is 12.3. The van der Waals surface area contributed by atoms with E-state index in [4.69, 9.17) is 14.0 Å². The summed E-state index contributed by atoms with van der Waals surface area (Å²) in [6, 6.07) is 12.8. The highest BCUT2D eigenvalue weighted by atomic mass is 32.2. The third-order valence-electron chi connectivity index (χ3n) is 4.07. The molecule has 0 unspecified atom stereocenters. The summed E-state index contributed by atoms with van der Waals surface area (Å²) in [4.78, 5) is 24.3. The number of H-pyrrole nitrogens is 1. The molecule has 28 heavy (non-hydrogen) atoms. The molecule has 0 fully saturated rings. The summed E-state index contributed by atoms with van der Waals surface area (Å²) in [7, 11) is 0. The van der Waals surface area contributed by atoms with Crippen molar-refractivity contribution in [1.82, 2.24) is 5.27 Å². The van der Waals surface area contributed by atoms with Crippen molar-refractivity contribution in [3.05, 3.63) is 58.4 Å². The van der Waals surface area contributed by atoms with Crippen LogP contribution in [0.2, 0.25) is 0 Å². The topological polar surface area (TPSA) is 97.4 Å². The average molecular weight is 400 g/mol. The van der Waals surface area contributed by atoms with Crippen molar-refractivity contribution in [3.63, 3.8) is 0 Å². The van der Waals surface area contributed by atoms with Gasteiger partial charge in [-0.25, -0.2) is 4.79 Å². The Bertz CT molecular complexity index is 1060. The molecule has 9 heteroatoms. The molecule has 3 aromatic rings. The first-order valence-corrected chi connectivity index (χ1v) is 9.61.